The molecule has 0 radical (unpaired) electrons. The molecule has 2 aliphatic heterocycles. The molecule has 2 aromatic rings. The van der Waals surface area contributed by atoms with Gasteiger partial charge < -0.3 is 24.4 Å². The molecule has 32 heavy (non-hydrogen) atoms. The fraction of sp³-hybridized carbons (Fsp3) is 0.500. The molecule has 2 aliphatic rings. The van der Waals surface area contributed by atoms with E-state index in [1.807, 2.05) is 38.1 Å². The Hall–Kier alpha value is -2.73. The van der Waals surface area contributed by atoms with E-state index in [9.17, 15) is 4.79 Å². The minimum atomic E-state index is 0.0250. The summed E-state index contributed by atoms with van der Waals surface area (Å²) < 4.78 is 17.3. The zero-order valence-electron chi connectivity index (χ0n) is 19.2. The van der Waals surface area contributed by atoms with Crippen molar-refractivity contribution in [1.29, 1.82) is 0 Å². The van der Waals surface area contributed by atoms with Crippen LogP contribution in [0.1, 0.15) is 36.0 Å². The maximum atomic E-state index is 12.7. The van der Waals surface area contributed by atoms with Crippen LogP contribution in [0.5, 0.6) is 17.2 Å². The van der Waals surface area contributed by atoms with Crippen LogP contribution in [0.4, 0.5) is 0 Å². The molecule has 1 fully saturated rings. The van der Waals surface area contributed by atoms with Crippen LogP contribution < -0.4 is 19.5 Å². The van der Waals surface area contributed by atoms with Gasteiger partial charge in [0, 0.05) is 12.6 Å². The van der Waals surface area contributed by atoms with Gasteiger partial charge in [-0.3, -0.25) is 4.79 Å². The van der Waals surface area contributed by atoms with Gasteiger partial charge in [0.25, 0.3) is 0 Å². The number of carbonyl (C=O) groups is 1. The topological polar surface area (TPSA) is 60.0 Å². The summed E-state index contributed by atoms with van der Waals surface area (Å²) in [5.74, 6) is 2.46. The predicted molar refractivity (Wildman–Crippen MR) is 125 cm³/mol. The summed E-state index contributed by atoms with van der Waals surface area (Å²) in [6, 6.07) is 12.3. The maximum absolute atomic E-state index is 12.7. The normalized spacial score (nSPS) is 16.6. The summed E-state index contributed by atoms with van der Waals surface area (Å²) in [6.07, 6.45) is 3.56. The Bertz CT molecular complexity index is 924. The van der Waals surface area contributed by atoms with E-state index in [2.05, 4.69) is 22.3 Å². The van der Waals surface area contributed by atoms with E-state index in [4.69, 9.17) is 14.2 Å². The fourth-order valence-electron chi connectivity index (χ4n) is 4.35. The molecule has 1 atom stereocenters. The van der Waals surface area contributed by atoms with Crippen LogP contribution in [0.2, 0.25) is 0 Å². The average Bonchev–Trinajstić information content (AvgIpc) is 3.29. The van der Waals surface area contributed by atoms with Gasteiger partial charge in [-0.25, -0.2) is 0 Å². The third-order valence-electron chi connectivity index (χ3n) is 6.06. The number of nitrogens with one attached hydrogen (secondary N) is 1. The minimum Gasteiger partial charge on any atom is -0.493 e. The van der Waals surface area contributed by atoms with Gasteiger partial charge in [0.2, 0.25) is 5.91 Å². The molecule has 0 aliphatic carbocycles. The third-order valence-corrected chi connectivity index (χ3v) is 6.06. The quantitative estimate of drug-likeness (QED) is 0.647. The summed E-state index contributed by atoms with van der Waals surface area (Å²) >= 11 is 0. The molecular weight excluding hydrogens is 404 g/mol. The van der Waals surface area contributed by atoms with Gasteiger partial charge in [-0.15, -0.1) is 0 Å². The van der Waals surface area contributed by atoms with E-state index in [1.54, 1.807) is 0 Å². The van der Waals surface area contributed by atoms with E-state index < -0.39 is 0 Å². The lowest BCUT2D eigenvalue weighted by Crippen LogP contribution is -2.44. The number of hydrogen-bond donors (Lipinski definition) is 1. The van der Waals surface area contributed by atoms with E-state index in [0.717, 1.165) is 60.0 Å². The number of fused-ring (bicyclic) bond motifs is 1. The Kier molecular flexibility index (Phi) is 7.53. The number of ether oxygens (including phenoxy) is 3. The van der Waals surface area contributed by atoms with E-state index in [0.29, 0.717) is 26.2 Å². The zero-order valence-corrected chi connectivity index (χ0v) is 19.2. The second kappa shape index (κ2) is 10.7. The first-order valence-electron chi connectivity index (χ1n) is 11.7. The predicted octanol–water partition coefficient (Wildman–Crippen LogP) is 3.67. The second-order valence-electron chi connectivity index (χ2n) is 8.82. The Morgan fingerprint density at radius 2 is 1.84 bits per heavy atom. The highest BCUT2D eigenvalue weighted by Crippen LogP contribution is 2.31. The second-order valence-corrected chi connectivity index (χ2v) is 8.82. The molecule has 6 heteroatoms. The Labute approximate surface area is 190 Å². The molecule has 0 spiro atoms. The number of hydrogen-bond acceptors (Lipinski definition) is 5. The van der Waals surface area contributed by atoms with Crippen molar-refractivity contribution in [2.24, 2.45) is 0 Å². The van der Waals surface area contributed by atoms with Crippen molar-refractivity contribution < 1.29 is 19.0 Å². The smallest absolute Gasteiger partial charge is 0.223 e. The highest BCUT2D eigenvalue weighted by atomic mass is 16.6. The van der Waals surface area contributed by atoms with E-state index in [-0.39, 0.29) is 11.9 Å². The molecule has 2 heterocycles. The first-order valence-corrected chi connectivity index (χ1v) is 11.7. The molecule has 1 amide bonds. The first kappa shape index (κ1) is 22.5. The van der Waals surface area contributed by atoms with Crippen LogP contribution in [0.25, 0.3) is 0 Å². The number of carbonyl (C=O) groups excluding carboxylic acids is 1. The van der Waals surface area contributed by atoms with Crippen molar-refractivity contribution in [3.63, 3.8) is 0 Å². The lowest BCUT2D eigenvalue weighted by atomic mass is 10.0. The van der Waals surface area contributed by atoms with Crippen molar-refractivity contribution in [3.8, 4) is 17.2 Å². The van der Waals surface area contributed by atoms with Crippen molar-refractivity contribution in [2.75, 3.05) is 39.5 Å². The number of likely N-dealkylation sites (tertiary alicyclic amines) is 1. The Morgan fingerprint density at radius 3 is 2.66 bits per heavy atom. The Balaban J connectivity index is 1.34. The van der Waals surface area contributed by atoms with Crippen LogP contribution in [0.3, 0.4) is 0 Å². The molecule has 0 aromatic heterocycles. The first-order chi connectivity index (χ1) is 15.6. The number of benzene rings is 2. The number of nitrogens with zero attached hydrogens (tertiary/aromatic N) is 1. The van der Waals surface area contributed by atoms with Crippen molar-refractivity contribution in [1.82, 2.24) is 10.2 Å². The van der Waals surface area contributed by atoms with Gasteiger partial charge >= 0.3 is 0 Å². The molecule has 1 N–H and O–H groups in total. The van der Waals surface area contributed by atoms with Gasteiger partial charge in [0.15, 0.2) is 11.5 Å². The number of rotatable bonds is 9. The summed E-state index contributed by atoms with van der Waals surface area (Å²) in [4.78, 5) is 15.2. The maximum Gasteiger partial charge on any atom is 0.223 e. The van der Waals surface area contributed by atoms with Gasteiger partial charge in [0.05, 0.1) is 13.0 Å². The van der Waals surface area contributed by atoms with Crippen LogP contribution in [0.15, 0.2) is 36.4 Å². The highest BCUT2D eigenvalue weighted by molar-refractivity contribution is 5.76. The zero-order chi connectivity index (χ0) is 22.3. The van der Waals surface area contributed by atoms with Crippen LogP contribution >= 0.6 is 0 Å². The van der Waals surface area contributed by atoms with Crippen LogP contribution in [-0.2, 0) is 11.2 Å². The fourth-order valence-corrected chi connectivity index (χ4v) is 4.35. The molecule has 172 valence electrons. The lowest BCUT2D eigenvalue weighted by molar-refractivity contribution is -0.122. The molecule has 6 nitrogen and oxygen atoms in total. The number of aryl methyl sites for hydroxylation is 2. The minimum absolute atomic E-state index is 0.0250. The summed E-state index contributed by atoms with van der Waals surface area (Å²) in [5, 5.41) is 3.25. The van der Waals surface area contributed by atoms with Gasteiger partial charge in [0.1, 0.15) is 19.0 Å². The van der Waals surface area contributed by atoms with Crippen LogP contribution in [0, 0.1) is 13.8 Å². The van der Waals surface area contributed by atoms with E-state index in [1.165, 1.54) is 12.8 Å². The standard InChI is InChI=1S/C26H34N2O4/c1-19-5-6-20(2)24(15-19)30-12-9-26(29)27-22(18-28-10-3-4-11-28)16-21-7-8-23-25(17-21)32-14-13-31-23/h5-8,15,17,22H,3-4,9-14,16,18H2,1-2H3,(H,27,29). The molecular formula is C26H34N2O4. The molecule has 2 aromatic carbocycles. The molecule has 0 bridgehead atoms. The summed E-state index contributed by atoms with van der Waals surface area (Å²) in [7, 11) is 0. The Morgan fingerprint density at radius 1 is 1.06 bits per heavy atom. The van der Waals surface area contributed by atoms with Gasteiger partial charge in [-0.1, -0.05) is 18.2 Å². The van der Waals surface area contributed by atoms with Crippen LogP contribution in [-0.4, -0.2) is 56.3 Å². The molecule has 0 saturated carbocycles. The number of amides is 1. The van der Waals surface area contributed by atoms with Gasteiger partial charge in [-0.05, 0) is 81.1 Å². The largest absolute Gasteiger partial charge is 0.493 e. The third kappa shape index (κ3) is 6.16. The lowest BCUT2D eigenvalue weighted by Gasteiger charge is -2.25. The van der Waals surface area contributed by atoms with Crippen molar-refractivity contribution in [2.45, 2.75) is 45.6 Å². The molecule has 1 unspecified atom stereocenters. The average molecular weight is 439 g/mol. The molecule has 4 rings (SSSR count). The van der Waals surface area contributed by atoms with E-state index >= 15 is 0 Å². The molecule has 1 saturated heterocycles. The highest BCUT2D eigenvalue weighted by Gasteiger charge is 2.21. The SMILES string of the molecule is Cc1ccc(C)c(OCCC(=O)NC(Cc2ccc3c(c2)OCCO3)CN2CCCC2)c1. The monoisotopic (exact) mass is 438 g/mol. The summed E-state index contributed by atoms with van der Waals surface area (Å²) in [6.45, 7) is 8.66. The van der Waals surface area contributed by atoms with Crippen molar-refractivity contribution in [3.05, 3.63) is 53.1 Å². The van der Waals surface area contributed by atoms with Gasteiger partial charge in [-0.2, -0.15) is 0 Å². The summed E-state index contributed by atoms with van der Waals surface area (Å²) in [5.41, 5.74) is 3.38. The van der Waals surface area contributed by atoms with Crippen molar-refractivity contribution >= 4 is 5.91 Å².